The zero-order valence-electron chi connectivity index (χ0n) is 15.1. The Morgan fingerprint density at radius 3 is 2.59 bits per heavy atom. The highest BCUT2D eigenvalue weighted by Crippen LogP contribution is 2.13. The second-order valence-corrected chi connectivity index (χ2v) is 5.86. The van der Waals surface area contributed by atoms with Crippen molar-refractivity contribution in [3.05, 3.63) is 77.9 Å². The standard InChI is InChI=1S/C20H21N5O2/c1-27-18-4-2-3-15(11-18)7-10-22-20-24-13-17(14-25-20)19(26)23-12-16-5-8-21-9-6-16/h2-6,8-9,11,13-14H,7,10,12H2,1H3,(H,23,26)(H,22,24,25). The van der Waals surface area contributed by atoms with E-state index in [1.807, 2.05) is 36.4 Å². The van der Waals surface area contributed by atoms with Crippen LogP contribution in [0.5, 0.6) is 5.75 Å². The van der Waals surface area contributed by atoms with E-state index in [0.29, 0.717) is 24.6 Å². The number of rotatable bonds is 8. The van der Waals surface area contributed by atoms with Gasteiger partial charge in [0.1, 0.15) is 5.75 Å². The first-order valence-corrected chi connectivity index (χ1v) is 8.60. The highest BCUT2D eigenvalue weighted by Gasteiger charge is 2.07. The molecule has 0 bridgehead atoms. The molecule has 0 saturated carbocycles. The van der Waals surface area contributed by atoms with Gasteiger partial charge in [-0.25, -0.2) is 9.97 Å². The molecule has 0 unspecified atom stereocenters. The number of nitrogens with one attached hydrogen (secondary N) is 2. The van der Waals surface area contributed by atoms with Gasteiger partial charge in [-0.2, -0.15) is 0 Å². The summed E-state index contributed by atoms with van der Waals surface area (Å²) in [7, 11) is 1.65. The van der Waals surface area contributed by atoms with Crippen molar-refractivity contribution >= 4 is 11.9 Å². The predicted octanol–water partition coefficient (Wildman–Crippen LogP) is 2.46. The van der Waals surface area contributed by atoms with Gasteiger partial charge in [0.25, 0.3) is 5.91 Å². The maximum Gasteiger partial charge on any atom is 0.254 e. The molecule has 0 radical (unpaired) electrons. The van der Waals surface area contributed by atoms with Gasteiger partial charge in [-0.1, -0.05) is 12.1 Å². The van der Waals surface area contributed by atoms with Crippen LogP contribution in [0, 0.1) is 0 Å². The van der Waals surface area contributed by atoms with E-state index in [2.05, 4.69) is 25.6 Å². The van der Waals surface area contributed by atoms with Gasteiger partial charge in [0, 0.05) is 37.9 Å². The Balaban J connectivity index is 1.47. The van der Waals surface area contributed by atoms with Gasteiger partial charge < -0.3 is 15.4 Å². The molecule has 138 valence electrons. The molecule has 1 aromatic carbocycles. The number of ether oxygens (including phenoxy) is 1. The van der Waals surface area contributed by atoms with Crippen LogP contribution >= 0.6 is 0 Å². The number of pyridine rings is 1. The van der Waals surface area contributed by atoms with Gasteiger partial charge in [-0.15, -0.1) is 0 Å². The van der Waals surface area contributed by atoms with Crippen LogP contribution < -0.4 is 15.4 Å². The molecule has 27 heavy (non-hydrogen) atoms. The molecule has 3 rings (SSSR count). The number of benzene rings is 1. The van der Waals surface area contributed by atoms with Crippen LogP contribution in [0.15, 0.2) is 61.2 Å². The van der Waals surface area contributed by atoms with E-state index in [0.717, 1.165) is 23.3 Å². The Morgan fingerprint density at radius 1 is 1.07 bits per heavy atom. The van der Waals surface area contributed by atoms with Gasteiger partial charge in [-0.05, 0) is 41.8 Å². The van der Waals surface area contributed by atoms with Crippen molar-refractivity contribution in [3.8, 4) is 5.75 Å². The lowest BCUT2D eigenvalue weighted by molar-refractivity contribution is 0.0950. The minimum Gasteiger partial charge on any atom is -0.497 e. The third-order valence-corrected chi connectivity index (χ3v) is 3.95. The van der Waals surface area contributed by atoms with Crippen LogP contribution in [-0.4, -0.2) is 34.5 Å². The fourth-order valence-electron chi connectivity index (χ4n) is 2.47. The fourth-order valence-corrected chi connectivity index (χ4v) is 2.47. The molecule has 2 aromatic heterocycles. The van der Waals surface area contributed by atoms with Crippen molar-refractivity contribution in [2.45, 2.75) is 13.0 Å². The molecule has 0 atom stereocenters. The molecule has 0 spiro atoms. The smallest absolute Gasteiger partial charge is 0.254 e. The number of carbonyl (C=O) groups excluding carboxylic acids is 1. The summed E-state index contributed by atoms with van der Waals surface area (Å²) in [5.41, 5.74) is 2.56. The first-order chi connectivity index (χ1) is 13.2. The van der Waals surface area contributed by atoms with Crippen LogP contribution in [0.3, 0.4) is 0 Å². The Morgan fingerprint density at radius 2 is 1.85 bits per heavy atom. The maximum atomic E-state index is 12.1. The summed E-state index contributed by atoms with van der Waals surface area (Å²) in [4.78, 5) is 24.5. The zero-order chi connectivity index (χ0) is 18.9. The van der Waals surface area contributed by atoms with Gasteiger partial charge in [0.2, 0.25) is 5.95 Å². The molecule has 7 nitrogen and oxygen atoms in total. The summed E-state index contributed by atoms with van der Waals surface area (Å²) < 4.78 is 5.22. The zero-order valence-corrected chi connectivity index (χ0v) is 15.1. The van der Waals surface area contributed by atoms with E-state index >= 15 is 0 Å². The highest BCUT2D eigenvalue weighted by atomic mass is 16.5. The van der Waals surface area contributed by atoms with Crippen LogP contribution in [0.2, 0.25) is 0 Å². The summed E-state index contributed by atoms with van der Waals surface area (Å²) in [5.74, 6) is 1.12. The number of anilines is 1. The second kappa shape index (κ2) is 9.28. The Hall–Kier alpha value is -3.48. The number of hydrogen-bond donors (Lipinski definition) is 2. The van der Waals surface area contributed by atoms with Gasteiger partial charge in [0.05, 0.1) is 12.7 Å². The van der Waals surface area contributed by atoms with E-state index in [9.17, 15) is 4.79 Å². The van der Waals surface area contributed by atoms with Gasteiger partial charge in [-0.3, -0.25) is 9.78 Å². The van der Waals surface area contributed by atoms with Gasteiger partial charge >= 0.3 is 0 Å². The summed E-state index contributed by atoms with van der Waals surface area (Å²) in [6.07, 6.45) is 7.23. The van der Waals surface area contributed by atoms with E-state index in [1.54, 1.807) is 19.5 Å². The van der Waals surface area contributed by atoms with Crippen LogP contribution in [0.4, 0.5) is 5.95 Å². The summed E-state index contributed by atoms with van der Waals surface area (Å²) in [6.45, 7) is 1.11. The van der Waals surface area contributed by atoms with Crippen LogP contribution in [-0.2, 0) is 13.0 Å². The molecule has 7 heteroatoms. The third-order valence-electron chi connectivity index (χ3n) is 3.95. The molecule has 2 N–H and O–H groups in total. The predicted molar refractivity (Wildman–Crippen MR) is 103 cm³/mol. The van der Waals surface area contributed by atoms with Gasteiger partial charge in [0.15, 0.2) is 0 Å². The van der Waals surface area contributed by atoms with E-state index in [4.69, 9.17) is 4.74 Å². The molecular weight excluding hydrogens is 342 g/mol. The lowest BCUT2D eigenvalue weighted by Crippen LogP contribution is -2.23. The molecule has 3 aromatic rings. The number of aromatic nitrogens is 3. The van der Waals surface area contributed by atoms with E-state index < -0.39 is 0 Å². The quantitative estimate of drug-likeness (QED) is 0.639. The molecule has 0 aliphatic heterocycles. The molecule has 0 saturated heterocycles. The number of hydrogen-bond acceptors (Lipinski definition) is 6. The first-order valence-electron chi connectivity index (χ1n) is 8.60. The maximum absolute atomic E-state index is 12.1. The summed E-state index contributed by atoms with van der Waals surface area (Å²) >= 11 is 0. The minimum atomic E-state index is -0.213. The molecular formula is C20H21N5O2. The van der Waals surface area contributed by atoms with Crippen molar-refractivity contribution in [3.63, 3.8) is 0 Å². The van der Waals surface area contributed by atoms with Crippen molar-refractivity contribution in [1.82, 2.24) is 20.3 Å². The molecule has 0 fully saturated rings. The normalized spacial score (nSPS) is 10.3. The van der Waals surface area contributed by atoms with Crippen LogP contribution in [0.1, 0.15) is 21.5 Å². The van der Waals surface area contributed by atoms with Crippen molar-refractivity contribution in [2.24, 2.45) is 0 Å². The van der Waals surface area contributed by atoms with Crippen molar-refractivity contribution < 1.29 is 9.53 Å². The Kier molecular flexibility index (Phi) is 6.30. The largest absolute Gasteiger partial charge is 0.497 e. The lowest BCUT2D eigenvalue weighted by atomic mass is 10.1. The molecule has 0 aliphatic rings. The van der Waals surface area contributed by atoms with E-state index in [1.165, 1.54) is 12.4 Å². The highest BCUT2D eigenvalue weighted by molar-refractivity contribution is 5.93. The summed E-state index contributed by atoms with van der Waals surface area (Å²) in [5, 5.41) is 5.98. The second-order valence-electron chi connectivity index (χ2n) is 5.86. The van der Waals surface area contributed by atoms with Crippen molar-refractivity contribution in [2.75, 3.05) is 19.0 Å². The SMILES string of the molecule is COc1cccc(CCNc2ncc(C(=O)NCc3ccncc3)cn2)c1. The molecule has 0 aliphatic carbocycles. The summed E-state index contributed by atoms with van der Waals surface area (Å²) in [6, 6.07) is 11.6. The number of nitrogens with zero attached hydrogens (tertiary/aromatic N) is 3. The number of amides is 1. The fraction of sp³-hybridized carbons (Fsp3) is 0.200. The van der Waals surface area contributed by atoms with Crippen molar-refractivity contribution in [1.29, 1.82) is 0 Å². The molecule has 2 heterocycles. The minimum absolute atomic E-state index is 0.213. The van der Waals surface area contributed by atoms with Crippen LogP contribution in [0.25, 0.3) is 0 Å². The average molecular weight is 363 g/mol. The third kappa shape index (κ3) is 5.50. The lowest BCUT2D eigenvalue weighted by Gasteiger charge is -2.07. The molecule has 1 amide bonds. The Bertz CT molecular complexity index is 869. The Labute approximate surface area is 157 Å². The van der Waals surface area contributed by atoms with E-state index in [-0.39, 0.29) is 5.91 Å². The number of methoxy groups -OCH3 is 1. The topological polar surface area (TPSA) is 89.0 Å². The number of carbonyl (C=O) groups is 1. The average Bonchev–Trinajstić information content (AvgIpc) is 2.73. The monoisotopic (exact) mass is 363 g/mol. The first kappa shape index (κ1) is 18.3.